The number of rotatable bonds is 2. The van der Waals surface area contributed by atoms with Gasteiger partial charge >= 0.3 is 5.69 Å². The average Bonchev–Trinajstić information content (AvgIpc) is 2.62. The van der Waals surface area contributed by atoms with Gasteiger partial charge in [0.2, 0.25) is 5.82 Å². The molecule has 0 saturated heterocycles. The van der Waals surface area contributed by atoms with Gasteiger partial charge in [0.05, 0.1) is 0 Å². The lowest BCUT2D eigenvalue weighted by Crippen LogP contribution is -2.27. The fourth-order valence-electron chi connectivity index (χ4n) is 1.14. The Hall–Kier alpha value is -1.59. The van der Waals surface area contributed by atoms with Crippen LogP contribution in [0.4, 0.5) is 0 Å². The molecule has 1 aromatic rings. The first-order valence-electron chi connectivity index (χ1n) is 4.12. The van der Waals surface area contributed by atoms with E-state index in [4.69, 9.17) is 0 Å². The van der Waals surface area contributed by atoms with Gasteiger partial charge in [-0.3, -0.25) is 9.78 Å². The minimum absolute atomic E-state index is 0.0455. The number of H-pyrrole nitrogens is 2. The molecule has 0 spiro atoms. The van der Waals surface area contributed by atoms with E-state index in [9.17, 15) is 9.59 Å². The fourth-order valence-corrected chi connectivity index (χ4v) is 1.14. The number of aromatic nitrogens is 3. The summed E-state index contributed by atoms with van der Waals surface area (Å²) < 4.78 is 0. The highest BCUT2D eigenvalue weighted by Gasteiger charge is 2.34. The summed E-state index contributed by atoms with van der Waals surface area (Å²) >= 11 is 0. The number of carbonyl (C=O) groups excluding carboxylic acids is 1. The summed E-state index contributed by atoms with van der Waals surface area (Å²) in [5.41, 5.74) is -0.464. The van der Waals surface area contributed by atoms with Crippen LogP contribution in [0.25, 0.3) is 0 Å². The van der Waals surface area contributed by atoms with Crippen molar-refractivity contribution in [1.29, 1.82) is 0 Å². The number of nitrogens with zero attached hydrogens (tertiary/aromatic N) is 1. The molecule has 6 nitrogen and oxygen atoms in total. The molecule has 13 heavy (non-hydrogen) atoms. The molecule has 2 rings (SSSR count). The molecule has 1 aliphatic carbocycles. The van der Waals surface area contributed by atoms with E-state index < -0.39 is 5.69 Å². The molecular formula is C7H10N4O2. The Labute approximate surface area is 73.7 Å². The summed E-state index contributed by atoms with van der Waals surface area (Å²) in [4.78, 5) is 24.2. The van der Waals surface area contributed by atoms with Crippen LogP contribution in [0.5, 0.6) is 0 Å². The maximum absolute atomic E-state index is 11.3. The van der Waals surface area contributed by atoms with Gasteiger partial charge in [-0.15, -0.1) is 5.10 Å². The number of hydrogen-bond donors (Lipinski definition) is 3. The first-order chi connectivity index (χ1) is 6.16. The fraction of sp³-hybridized carbons (Fsp3) is 0.571. The van der Waals surface area contributed by atoms with Gasteiger partial charge in [0.15, 0.2) is 0 Å². The van der Waals surface area contributed by atoms with Gasteiger partial charge in [-0.05, 0) is 12.3 Å². The third-order valence-corrected chi connectivity index (χ3v) is 2.14. The topological polar surface area (TPSA) is 90.6 Å². The van der Waals surface area contributed by atoms with Gasteiger partial charge in [-0.1, -0.05) is 6.92 Å². The zero-order valence-corrected chi connectivity index (χ0v) is 7.13. The molecule has 0 radical (unpaired) electrons. The summed E-state index contributed by atoms with van der Waals surface area (Å²) in [6.45, 7) is 2.05. The quantitative estimate of drug-likeness (QED) is 0.561. The maximum atomic E-state index is 11.3. The molecule has 0 aromatic carbocycles. The van der Waals surface area contributed by atoms with Crippen molar-refractivity contribution in [1.82, 2.24) is 20.5 Å². The van der Waals surface area contributed by atoms with Crippen molar-refractivity contribution in [2.45, 2.75) is 19.4 Å². The highest BCUT2D eigenvalue weighted by molar-refractivity contribution is 5.90. The molecule has 0 aliphatic heterocycles. The van der Waals surface area contributed by atoms with E-state index in [0.29, 0.717) is 5.92 Å². The van der Waals surface area contributed by atoms with Crippen LogP contribution in [-0.2, 0) is 0 Å². The highest BCUT2D eigenvalue weighted by atomic mass is 16.2. The molecule has 1 heterocycles. The predicted molar refractivity (Wildman–Crippen MR) is 44.2 cm³/mol. The Balaban J connectivity index is 2.01. The lowest BCUT2D eigenvalue weighted by molar-refractivity contribution is 0.0939. The second-order valence-electron chi connectivity index (χ2n) is 3.32. The van der Waals surface area contributed by atoms with Crippen LogP contribution in [0.1, 0.15) is 24.0 Å². The lowest BCUT2D eigenvalue weighted by Gasteiger charge is -1.98. The SMILES string of the molecule is C[C@@H]1C[C@H]1NC(=O)c1n[nH]c(=O)[nH]1. The Bertz CT molecular complexity index is 380. The van der Waals surface area contributed by atoms with E-state index in [-0.39, 0.29) is 17.8 Å². The molecule has 1 amide bonds. The van der Waals surface area contributed by atoms with Crippen molar-refractivity contribution < 1.29 is 4.79 Å². The van der Waals surface area contributed by atoms with Crippen LogP contribution < -0.4 is 11.0 Å². The van der Waals surface area contributed by atoms with Gasteiger partial charge in [-0.25, -0.2) is 9.89 Å². The molecule has 1 aliphatic rings. The normalized spacial score (nSPS) is 25.6. The van der Waals surface area contributed by atoms with Crippen LogP contribution in [0.2, 0.25) is 0 Å². The van der Waals surface area contributed by atoms with Crippen molar-refractivity contribution in [3.63, 3.8) is 0 Å². The van der Waals surface area contributed by atoms with Crippen LogP contribution in [-0.4, -0.2) is 27.1 Å². The van der Waals surface area contributed by atoms with Gasteiger partial charge in [0.1, 0.15) is 0 Å². The Morgan fingerprint density at radius 1 is 1.69 bits per heavy atom. The Morgan fingerprint density at radius 2 is 2.38 bits per heavy atom. The van der Waals surface area contributed by atoms with Crippen molar-refractivity contribution >= 4 is 5.91 Å². The highest BCUT2D eigenvalue weighted by Crippen LogP contribution is 2.28. The standard InChI is InChI=1S/C7H10N4O2/c1-3-2-4(3)8-6(12)5-9-7(13)11-10-5/h3-4H,2H2,1H3,(H,8,12)(H2,9,10,11,13)/t3-,4-/m1/s1. The van der Waals surface area contributed by atoms with Crippen LogP contribution >= 0.6 is 0 Å². The molecule has 1 saturated carbocycles. The summed E-state index contributed by atoms with van der Waals surface area (Å²) in [5, 5.41) is 8.39. The number of hydrogen-bond acceptors (Lipinski definition) is 3. The minimum Gasteiger partial charge on any atom is -0.346 e. The monoisotopic (exact) mass is 182 g/mol. The average molecular weight is 182 g/mol. The summed E-state index contributed by atoms with van der Waals surface area (Å²) in [6, 6.07) is 0.243. The molecule has 2 atom stereocenters. The van der Waals surface area contributed by atoms with E-state index >= 15 is 0 Å². The number of carbonyl (C=O) groups is 1. The van der Waals surface area contributed by atoms with E-state index in [1.54, 1.807) is 0 Å². The van der Waals surface area contributed by atoms with E-state index in [0.717, 1.165) is 6.42 Å². The van der Waals surface area contributed by atoms with E-state index in [1.165, 1.54) is 0 Å². The van der Waals surface area contributed by atoms with Crippen LogP contribution in [0.15, 0.2) is 4.79 Å². The molecule has 3 N–H and O–H groups in total. The first-order valence-corrected chi connectivity index (χ1v) is 4.12. The van der Waals surface area contributed by atoms with Crippen molar-refractivity contribution in [3.05, 3.63) is 16.3 Å². The molecule has 1 aromatic heterocycles. The second kappa shape index (κ2) is 2.72. The first kappa shape index (κ1) is 8.03. The third-order valence-electron chi connectivity index (χ3n) is 2.14. The van der Waals surface area contributed by atoms with Gasteiger partial charge in [0.25, 0.3) is 5.91 Å². The van der Waals surface area contributed by atoms with E-state index in [2.05, 4.69) is 27.4 Å². The number of amides is 1. The van der Waals surface area contributed by atoms with Crippen molar-refractivity contribution in [2.24, 2.45) is 5.92 Å². The summed E-state index contributed by atoms with van der Waals surface area (Å²) in [5.74, 6) is 0.256. The third kappa shape index (κ3) is 1.61. The van der Waals surface area contributed by atoms with Gasteiger partial charge < -0.3 is 5.32 Å². The van der Waals surface area contributed by atoms with Crippen molar-refractivity contribution in [3.8, 4) is 0 Å². The van der Waals surface area contributed by atoms with Gasteiger partial charge in [0, 0.05) is 6.04 Å². The number of aromatic amines is 2. The van der Waals surface area contributed by atoms with Gasteiger partial charge in [-0.2, -0.15) is 0 Å². The maximum Gasteiger partial charge on any atom is 0.341 e. The van der Waals surface area contributed by atoms with E-state index in [1.807, 2.05) is 0 Å². The van der Waals surface area contributed by atoms with Crippen LogP contribution in [0, 0.1) is 5.92 Å². The lowest BCUT2D eigenvalue weighted by atomic mass is 10.4. The summed E-state index contributed by atoms with van der Waals surface area (Å²) in [6.07, 6.45) is 1.00. The molecule has 0 unspecified atom stereocenters. The second-order valence-corrected chi connectivity index (χ2v) is 3.32. The molecule has 1 fully saturated rings. The molecule has 70 valence electrons. The Kier molecular flexibility index (Phi) is 1.68. The largest absolute Gasteiger partial charge is 0.346 e. The Morgan fingerprint density at radius 3 is 2.85 bits per heavy atom. The molecule has 0 bridgehead atoms. The molecular weight excluding hydrogens is 172 g/mol. The molecule has 6 heteroatoms. The zero-order valence-electron chi connectivity index (χ0n) is 7.13. The zero-order chi connectivity index (χ0) is 9.42. The van der Waals surface area contributed by atoms with Crippen molar-refractivity contribution in [2.75, 3.05) is 0 Å². The van der Waals surface area contributed by atoms with Crippen LogP contribution in [0.3, 0.4) is 0 Å². The predicted octanol–water partition coefficient (Wildman–Crippen LogP) is -0.764. The summed E-state index contributed by atoms with van der Waals surface area (Å²) in [7, 11) is 0. The minimum atomic E-state index is -0.464. The smallest absolute Gasteiger partial charge is 0.341 e. The number of nitrogens with one attached hydrogen (secondary N) is 3.